The molecular formula is C15H16FN3. The van der Waals surface area contributed by atoms with E-state index in [0.29, 0.717) is 12.1 Å². The minimum atomic E-state index is -0.233. The van der Waals surface area contributed by atoms with Gasteiger partial charge in [0.05, 0.1) is 0 Å². The largest absolute Gasteiger partial charge is 0.384 e. The minimum absolute atomic E-state index is 0.0426. The molecular weight excluding hydrogens is 241 g/mol. The number of amidine groups is 1. The molecule has 0 radical (unpaired) electrons. The molecule has 0 fully saturated rings. The Hall–Kier alpha value is -2.36. The Labute approximate surface area is 112 Å². The van der Waals surface area contributed by atoms with E-state index in [1.807, 2.05) is 36.2 Å². The molecule has 3 N–H and O–H groups in total. The van der Waals surface area contributed by atoms with Gasteiger partial charge < -0.3 is 10.6 Å². The predicted octanol–water partition coefficient (Wildman–Crippen LogP) is 2.75. The highest BCUT2D eigenvalue weighted by Gasteiger charge is 2.05. The smallest absolute Gasteiger partial charge is 0.123 e. The van der Waals surface area contributed by atoms with E-state index >= 15 is 0 Å². The third-order valence-electron chi connectivity index (χ3n) is 2.91. The van der Waals surface area contributed by atoms with Crippen LogP contribution in [0.3, 0.4) is 0 Å². The Bertz CT molecular complexity index is 595. The van der Waals surface area contributed by atoms with Crippen molar-refractivity contribution in [3.05, 3.63) is 65.5 Å². The van der Waals surface area contributed by atoms with E-state index in [1.165, 1.54) is 12.1 Å². The van der Waals surface area contributed by atoms with Crippen molar-refractivity contribution in [2.24, 2.45) is 5.73 Å². The van der Waals surface area contributed by atoms with Gasteiger partial charge in [-0.15, -0.1) is 0 Å². The predicted molar refractivity (Wildman–Crippen MR) is 76.0 cm³/mol. The minimum Gasteiger partial charge on any atom is -0.384 e. The molecule has 2 aromatic rings. The highest BCUT2D eigenvalue weighted by Crippen LogP contribution is 2.17. The number of nitrogens with zero attached hydrogens (tertiary/aromatic N) is 1. The molecule has 0 saturated carbocycles. The van der Waals surface area contributed by atoms with Gasteiger partial charge in [0.1, 0.15) is 11.7 Å². The zero-order valence-corrected chi connectivity index (χ0v) is 10.7. The van der Waals surface area contributed by atoms with Gasteiger partial charge in [-0.2, -0.15) is 0 Å². The van der Waals surface area contributed by atoms with Gasteiger partial charge in [0.25, 0.3) is 0 Å². The number of nitrogens with two attached hydrogens (primary N) is 1. The highest BCUT2D eigenvalue weighted by atomic mass is 19.1. The van der Waals surface area contributed by atoms with Gasteiger partial charge in [0.2, 0.25) is 0 Å². The molecule has 0 spiro atoms. The third-order valence-corrected chi connectivity index (χ3v) is 2.91. The van der Waals surface area contributed by atoms with Gasteiger partial charge in [-0.3, -0.25) is 5.41 Å². The lowest BCUT2D eigenvalue weighted by atomic mass is 10.1. The van der Waals surface area contributed by atoms with Crippen molar-refractivity contribution in [3.8, 4) is 0 Å². The van der Waals surface area contributed by atoms with Crippen LogP contribution in [0.15, 0.2) is 48.5 Å². The topological polar surface area (TPSA) is 53.1 Å². The lowest BCUT2D eigenvalue weighted by Gasteiger charge is -2.20. The van der Waals surface area contributed by atoms with Crippen LogP contribution in [0.1, 0.15) is 11.1 Å². The number of halogens is 1. The number of rotatable bonds is 4. The number of anilines is 1. The number of benzene rings is 2. The lowest BCUT2D eigenvalue weighted by molar-refractivity contribution is 0.625. The molecule has 2 aromatic carbocycles. The summed E-state index contributed by atoms with van der Waals surface area (Å²) in [7, 11) is 1.92. The Morgan fingerprint density at radius 2 is 1.95 bits per heavy atom. The molecule has 2 rings (SSSR count). The molecule has 19 heavy (non-hydrogen) atoms. The molecule has 0 atom stereocenters. The van der Waals surface area contributed by atoms with Crippen LogP contribution in [-0.2, 0) is 6.54 Å². The summed E-state index contributed by atoms with van der Waals surface area (Å²) < 4.78 is 13.1. The summed E-state index contributed by atoms with van der Waals surface area (Å²) in [4.78, 5) is 1.99. The van der Waals surface area contributed by atoms with Gasteiger partial charge >= 0.3 is 0 Å². The first-order valence-corrected chi connectivity index (χ1v) is 5.96. The van der Waals surface area contributed by atoms with Crippen molar-refractivity contribution in [2.75, 3.05) is 11.9 Å². The normalized spacial score (nSPS) is 10.2. The van der Waals surface area contributed by atoms with Crippen molar-refractivity contribution in [3.63, 3.8) is 0 Å². The van der Waals surface area contributed by atoms with Gasteiger partial charge in [0.15, 0.2) is 0 Å². The summed E-state index contributed by atoms with van der Waals surface area (Å²) in [5.74, 6) is -0.190. The SMILES string of the molecule is CN(Cc1cccc(F)c1)c1cccc(C(=N)N)c1. The van der Waals surface area contributed by atoms with E-state index in [0.717, 1.165) is 11.3 Å². The molecule has 0 saturated heterocycles. The Morgan fingerprint density at radius 1 is 1.21 bits per heavy atom. The first kappa shape index (κ1) is 13.1. The van der Waals surface area contributed by atoms with Gasteiger partial charge in [-0.05, 0) is 29.8 Å². The van der Waals surface area contributed by atoms with Crippen LogP contribution in [0.25, 0.3) is 0 Å². The van der Waals surface area contributed by atoms with Gasteiger partial charge in [-0.25, -0.2) is 4.39 Å². The summed E-state index contributed by atoms with van der Waals surface area (Å²) >= 11 is 0. The van der Waals surface area contributed by atoms with E-state index < -0.39 is 0 Å². The molecule has 0 aliphatic rings. The van der Waals surface area contributed by atoms with E-state index in [1.54, 1.807) is 12.1 Å². The Balaban J connectivity index is 2.18. The fourth-order valence-electron chi connectivity index (χ4n) is 1.91. The first-order chi connectivity index (χ1) is 9.06. The summed E-state index contributed by atoms with van der Waals surface area (Å²) in [5.41, 5.74) is 7.99. The Morgan fingerprint density at radius 3 is 2.63 bits per heavy atom. The summed E-state index contributed by atoms with van der Waals surface area (Å²) in [6, 6.07) is 14.0. The molecule has 0 heterocycles. The molecule has 0 aromatic heterocycles. The van der Waals surface area contributed by atoms with Crippen molar-refractivity contribution in [1.82, 2.24) is 0 Å². The summed E-state index contributed by atoms with van der Waals surface area (Å²) in [5, 5.41) is 7.43. The van der Waals surface area contributed by atoms with Crippen LogP contribution >= 0.6 is 0 Å². The Kier molecular flexibility index (Phi) is 3.80. The first-order valence-electron chi connectivity index (χ1n) is 5.96. The maximum atomic E-state index is 13.1. The molecule has 0 aliphatic carbocycles. The molecule has 4 heteroatoms. The average Bonchev–Trinajstić information content (AvgIpc) is 2.39. The third kappa shape index (κ3) is 3.31. The molecule has 0 amide bonds. The van der Waals surface area contributed by atoms with E-state index in [-0.39, 0.29) is 11.7 Å². The zero-order valence-electron chi connectivity index (χ0n) is 10.7. The fraction of sp³-hybridized carbons (Fsp3) is 0.133. The van der Waals surface area contributed by atoms with Crippen LogP contribution in [0.5, 0.6) is 0 Å². The van der Waals surface area contributed by atoms with Crippen LogP contribution in [0.4, 0.5) is 10.1 Å². The van der Waals surface area contributed by atoms with Crippen LogP contribution in [-0.4, -0.2) is 12.9 Å². The number of nitrogens with one attached hydrogen (secondary N) is 1. The second-order valence-corrected chi connectivity index (χ2v) is 4.45. The number of hydrogen-bond acceptors (Lipinski definition) is 2. The zero-order chi connectivity index (χ0) is 13.8. The van der Waals surface area contributed by atoms with Crippen LogP contribution < -0.4 is 10.6 Å². The average molecular weight is 257 g/mol. The van der Waals surface area contributed by atoms with E-state index in [4.69, 9.17) is 11.1 Å². The fourth-order valence-corrected chi connectivity index (χ4v) is 1.91. The van der Waals surface area contributed by atoms with Crippen LogP contribution in [0, 0.1) is 11.2 Å². The molecule has 0 aliphatic heterocycles. The van der Waals surface area contributed by atoms with Crippen molar-refractivity contribution in [2.45, 2.75) is 6.54 Å². The monoisotopic (exact) mass is 257 g/mol. The van der Waals surface area contributed by atoms with Crippen LogP contribution in [0.2, 0.25) is 0 Å². The van der Waals surface area contributed by atoms with Crippen molar-refractivity contribution in [1.29, 1.82) is 5.41 Å². The van der Waals surface area contributed by atoms with Crippen molar-refractivity contribution >= 4 is 11.5 Å². The summed E-state index contributed by atoms with van der Waals surface area (Å²) in [6.45, 7) is 0.596. The molecule has 98 valence electrons. The summed E-state index contributed by atoms with van der Waals surface area (Å²) in [6.07, 6.45) is 0. The van der Waals surface area contributed by atoms with Gasteiger partial charge in [0, 0.05) is 24.8 Å². The number of hydrogen-bond donors (Lipinski definition) is 2. The quantitative estimate of drug-likeness (QED) is 0.653. The lowest BCUT2D eigenvalue weighted by Crippen LogP contribution is -2.18. The van der Waals surface area contributed by atoms with E-state index in [2.05, 4.69) is 0 Å². The maximum Gasteiger partial charge on any atom is 0.123 e. The second kappa shape index (κ2) is 5.52. The standard InChI is InChI=1S/C15H16FN3/c1-19(10-11-4-2-6-13(16)8-11)14-7-3-5-12(9-14)15(17)18/h2-9H,10H2,1H3,(H3,17,18). The molecule has 0 bridgehead atoms. The second-order valence-electron chi connectivity index (χ2n) is 4.45. The highest BCUT2D eigenvalue weighted by molar-refractivity contribution is 5.95. The van der Waals surface area contributed by atoms with Gasteiger partial charge in [-0.1, -0.05) is 24.3 Å². The molecule has 0 unspecified atom stereocenters. The van der Waals surface area contributed by atoms with E-state index in [9.17, 15) is 4.39 Å². The molecule has 3 nitrogen and oxygen atoms in total. The van der Waals surface area contributed by atoms with Crippen molar-refractivity contribution < 1.29 is 4.39 Å². The number of nitrogen functional groups attached to an aromatic ring is 1. The maximum absolute atomic E-state index is 13.1.